The van der Waals surface area contributed by atoms with Crippen LogP contribution < -0.4 is 11.1 Å². The Kier molecular flexibility index (Phi) is 3.61. The van der Waals surface area contributed by atoms with Crippen LogP contribution in [0, 0.1) is 6.92 Å². The topological polar surface area (TPSA) is 99.0 Å². The highest BCUT2D eigenvalue weighted by atomic mass is 15.3. The Morgan fingerprint density at radius 1 is 1.22 bits per heavy atom. The van der Waals surface area contributed by atoms with Gasteiger partial charge in [0.25, 0.3) is 0 Å². The summed E-state index contributed by atoms with van der Waals surface area (Å²) in [4.78, 5) is 13.9. The van der Waals surface area contributed by atoms with Crippen LogP contribution in [0.15, 0.2) is 30.6 Å². The molecule has 4 aromatic rings. The minimum absolute atomic E-state index is 0.297. The Balaban J connectivity index is 1.52. The molecule has 3 N–H and O–H groups in total. The Bertz CT molecular complexity index is 1140. The van der Waals surface area contributed by atoms with Crippen molar-refractivity contribution in [1.29, 1.82) is 0 Å². The van der Waals surface area contributed by atoms with Crippen molar-refractivity contribution in [3.05, 3.63) is 36.4 Å². The second-order valence-corrected chi connectivity index (χ2v) is 7.16. The van der Waals surface area contributed by atoms with Gasteiger partial charge in [-0.15, -0.1) is 5.10 Å². The molecular formula is C19H22N8. The molecule has 1 aliphatic carbocycles. The average Bonchev–Trinajstić information content (AvgIpc) is 3.19. The number of anilines is 1. The third-order valence-corrected chi connectivity index (χ3v) is 5.30. The van der Waals surface area contributed by atoms with Crippen molar-refractivity contribution in [3.8, 4) is 11.3 Å². The third-order valence-electron chi connectivity index (χ3n) is 5.30. The van der Waals surface area contributed by atoms with Gasteiger partial charge in [0.1, 0.15) is 11.3 Å². The minimum atomic E-state index is 0.297. The first-order valence-corrected chi connectivity index (χ1v) is 9.33. The summed E-state index contributed by atoms with van der Waals surface area (Å²) in [6, 6.07) is 6.73. The second kappa shape index (κ2) is 6.02. The van der Waals surface area contributed by atoms with Crippen molar-refractivity contribution in [1.82, 2.24) is 29.1 Å². The highest BCUT2D eigenvalue weighted by Gasteiger charge is 2.26. The van der Waals surface area contributed by atoms with Gasteiger partial charge < -0.3 is 15.6 Å². The number of aryl methyl sites for hydroxylation is 2. The molecule has 0 amide bonds. The molecule has 27 heavy (non-hydrogen) atoms. The van der Waals surface area contributed by atoms with E-state index in [1.54, 1.807) is 0 Å². The fourth-order valence-corrected chi connectivity index (χ4v) is 3.79. The molecule has 1 saturated carbocycles. The lowest BCUT2D eigenvalue weighted by atomic mass is 9.88. The van der Waals surface area contributed by atoms with E-state index in [2.05, 4.69) is 31.9 Å². The Hall–Kier alpha value is -3.00. The molecule has 0 atom stereocenters. The van der Waals surface area contributed by atoms with Gasteiger partial charge in [0.2, 0.25) is 5.95 Å². The van der Waals surface area contributed by atoms with E-state index in [1.165, 1.54) is 0 Å². The maximum absolute atomic E-state index is 5.84. The smallest absolute Gasteiger partial charge is 0.241 e. The molecule has 8 heteroatoms. The lowest BCUT2D eigenvalue weighted by Gasteiger charge is -2.32. The van der Waals surface area contributed by atoms with Crippen LogP contribution in [0.4, 0.5) is 5.95 Å². The number of nitrogens with two attached hydrogens (primary N) is 1. The van der Waals surface area contributed by atoms with Crippen molar-refractivity contribution < 1.29 is 0 Å². The molecule has 0 bridgehead atoms. The van der Waals surface area contributed by atoms with Crippen LogP contribution in [0.5, 0.6) is 0 Å². The van der Waals surface area contributed by atoms with E-state index in [1.807, 2.05) is 42.0 Å². The molecule has 0 unspecified atom stereocenters. The summed E-state index contributed by atoms with van der Waals surface area (Å²) in [5, 5.41) is 7.92. The summed E-state index contributed by atoms with van der Waals surface area (Å²) in [7, 11) is 0. The molecule has 0 radical (unpaired) electrons. The van der Waals surface area contributed by atoms with Gasteiger partial charge in [0.05, 0.1) is 17.4 Å². The summed E-state index contributed by atoms with van der Waals surface area (Å²) in [5.74, 6) is 1.61. The first-order valence-electron chi connectivity index (χ1n) is 9.33. The molecule has 138 valence electrons. The highest BCUT2D eigenvalue weighted by molar-refractivity contribution is 5.82. The summed E-state index contributed by atoms with van der Waals surface area (Å²) in [6.07, 6.45) is 5.72. The number of fused-ring (bicyclic) bond motifs is 2. The first-order chi connectivity index (χ1) is 13.1. The maximum atomic E-state index is 5.84. The van der Waals surface area contributed by atoms with Gasteiger partial charge in [-0.25, -0.2) is 19.5 Å². The van der Waals surface area contributed by atoms with Crippen LogP contribution in [-0.4, -0.2) is 41.2 Å². The number of hydrogen-bond donors (Lipinski definition) is 2. The van der Waals surface area contributed by atoms with Crippen LogP contribution >= 0.6 is 0 Å². The monoisotopic (exact) mass is 362 g/mol. The highest BCUT2D eigenvalue weighted by Crippen LogP contribution is 2.27. The van der Waals surface area contributed by atoms with Crippen LogP contribution in [0.2, 0.25) is 0 Å². The van der Waals surface area contributed by atoms with Crippen molar-refractivity contribution >= 4 is 22.6 Å². The van der Waals surface area contributed by atoms with E-state index in [4.69, 9.17) is 10.7 Å². The normalized spacial score (nSPS) is 19.5. The summed E-state index contributed by atoms with van der Waals surface area (Å²) >= 11 is 0. The summed E-state index contributed by atoms with van der Waals surface area (Å²) in [5.41, 5.74) is 10.5. The zero-order chi connectivity index (χ0) is 18.5. The maximum Gasteiger partial charge on any atom is 0.241 e. The molecule has 1 aliphatic rings. The predicted molar refractivity (Wildman–Crippen MR) is 105 cm³/mol. The molecule has 8 nitrogen and oxygen atoms in total. The molecule has 0 aliphatic heterocycles. The fourth-order valence-electron chi connectivity index (χ4n) is 3.79. The molecule has 5 rings (SSSR count). The zero-order valence-electron chi connectivity index (χ0n) is 15.4. The second-order valence-electron chi connectivity index (χ2n) is 7.16. The van der Waals surface area contributed by atoms with E-state index in [9.17, 15) is 0 Å². The average molecular weight is 362 g/mol. The number of hydrogen-bond acceptors (Lipinski definition) is 6. The number of nitrogens with one attached hydrogen (secondary N) is 1. The van der Waals surface area contributed by atoms with Gasteiger partial charge >= 0.3 is 0 Å². The Morgan fingerprint density at radius 2 is 2.07 bits per heavy atom. The lowest BCUT2D eigenvalue weighted by Crippen LogP contribution is -2.44. The van der Waals surface area contributed by atoms with E-state index in [0.717, 1.165) is 53.1 Å². The fraction of sp³-hybridized carbons (Fsp3) is 0.368. The molecule has 4 heterocycles. The van der Waals surface area contributed by atoms with Crippen LogP contribution in [0.1, 0.15) is 25.6 Å². The van der Waals surface area contributed by atoms with Crippen molar-refractivity contribution in [3.63, 3.8) is 0 Å². The quantitative estimate of drug-likeness (QED) is 0.578. The number of nitrogens with zero attached hydrogens (tertiary/aromatic N) is 6. The largest absolute Gasteiger partial charge is 0.350 e. The van der Waals surface area contributed by atoms with E-state index < -0.39 is 0 Å². The van der Waals surface area contributed by atoms with Crippen molar-refractivity contribution in [2.24, 2.45) is 5.73 Å². The third kappa shape index (κ3) is 2.64. The van der Waals surface area contributed by atoms with Gasteiger partial charge in [0.15, 0.2) is 5.65 Å². The van der Waals surface area contributed by atoms with Crippen molar-refractivity contribution in [2.45, 2.75) is 45.3 Å². The number of aromatic nitrogens is 6. The predicted octanol–water partition coefficient (Wildman–Crippen LogP) is 2.37. The Morgan fingerprint density at radius 3 is 2.85 bits per heavy atom. The standard InChI is InChI=1S/C19H22N8/c1-3-26-11(2)22-16-5-4-15(24-18(16)26)14-6-7-27-17(14)10-21-19(25-27)23-13-8-12(20)9-13/h4-7,10,12-13H,3,8-9,20H2,1-2H3,(H,23,25)/t12-,13-. The lowest BCUT2D eigenvalue weighted by molar-refractivity contribution is 0.371. The molecule has 4 aromatic heterocycles. The first kappa shape index (κ1) is 16.2. The van der Waals surface area contributed by atoms with Crippen LogP contribution in [0.3, 0.4) is 0 Å². The van der Waals surface area contributed by atoms with Crippen LogP contribution in [-0.2, 0) is 6.54 Å². The molecule has 0 saturated heterocycles. The molecule has 1 fully saturated rings. The SMILES string of the molecule is CCn1c(C)nc2ccc(-c3ccn4nc(N[C@H]5C[C@H](N)C5)ncc34)nc21. The number of pyridine rings is 1. The van der Waals surface area contributed by atoms with Gasteiger partial charge in [-0.2, -0.15) is 0 Å². The summed E-state index contributed by atoms with van der Waals surface area (Å²) in [6.45, 7) is 4.96. The van der Waals surface area contributed by atoms with Gasteiger partial charge in [-0.05, 0) is 44.9 Å². The number of rotatable bonds is 4. The zero-order valence-corrected chi connectivity index (χ0v) is 15.4. The minimum Gasteiger partial charge on any atom is -0.350 e. The molecule has 0 spiro atoms. The Labute approximate surface area is 156 Å². The van der Waals surface area contributed by atoms with E-state index >= 15 is 0 Å². The van der Waals surface area contributed by atoms with Crippen molar-refractivity contribution in [2.75, 3.05) is 5.32 Å². The van der Waals surface area contributed by atoms with Crippen LogP contribution in [0.25, 0.3) is 27.9 Å². The molecule has 0 aromatic carbocycles. The van der Waals surface area contributed by atoms with Gasteiger partial charge in [-0.1, -0.05) is 0 Å². The van der Waals surface area contributed by atoms with E-state index in [0.29, 0.717) is 18.0 Å². The number of imidazole rings is 1. The van der Waals surface area contributed by atoms with Gasteiger partial charge in [-0.3, -0.25) is 0 Å². The molecular weight excluding hydrogens is 340 g/mol. The van der Waals surface area contributed by atoms with Gasteiger partial charge in [0, 0.05) is 30.4 Å². The van der Waals surface area contributed by atoms with E-state index in [-0.39, 0.29) is 0 Å². The summed E-state index contributed by atoms with van der Waals surface area (Å²) < 4.78 is 3.97.